The van der Waals surface area contributed by atoms with Crippen molar-refractivity contribution in [1.82, 2.24) is 0 Å². The summed E-state index contributed by atoms with van der Waals surface area (Å²) in [6.45, 7) is 1.26. The van der Waals surface area contributed by atoms with E-state index in [1.807, 2.05) is 18.2 Å². The molecule has 0 amide bonds. The first kappa shape index (κ1) is 14.9. The highest BCUT2D eigenvalue weighted by molar-refractivity contribution is 5.85. The summed E-state index contributed by atoms with van der Waals surface area (Å²) < 4.78 is 16.1. The van der Waals surface area contributed by atoms with E-state index >= 15 is 0 Å². The lowest BCUT2D eigenvalue weighted by Crippen LogP contribution is -2.06. The fraction of sp³-hybridized carbons (Fsp3) is 0.188. The van der Waals surface area contributed by atoms with Crippen molar-refractivity contribution in [2.45, 2.75) is 6.61 Å². The molecule has 0 aliphatic heterocycles. The third-order valence-corrected chi connectivity index (χ3v) is 2.60. The summed E-state index contributed by atoms with van der Waals surface area (Å²) in [6.07, 6.45) is 4.21. The van der Waals surface area contributed by atoms with Gasteiger partial charge in [-0.25, -0.2) is 4.79 Å². The molecule has 0 unspecified atom stereocenters. The van der Waals surface area contributed by atoms with Crippen LogP contribution in [0.25, 0.3) is 6.08 Å². The van der Waals surface area contributed by atoms with Crippen molar-refractivity contribution in [3.8, 4) is 5.75 Å². The van der Waals surface area contributed by atoms with Gasteiger partial charge in [-0.1, -0.05) is 12.1 Å². The van der Waals surface area contributed by atoms with E-state index in [2.05, 4.69) is 0 Å². The maximum atomic E-state index is 10.5. The molecule has 2 rings (SSSR count). The number of aliphatic carboxylic acids is 1. The minimum atomic E-state index is -0.979. The Bertz CT molecular complexity index is 586. The molecule has 0 aliphatic carbocycles. The maximum Gasteiger partial charge on any atom is 0.328 e. The number of carbonyl (C=O) groups is 1. The number of rotatable bonds is 8. The summed E-state index contributed by atoms with van der Waals surface area (Å²) in [4.78, 5) is 10.5. The fourth-order valence-corrected chi connectivity index (χ4v) is 1.66. The normalized spacial score (nSPS) is 10.9. The largest absolute Gasteiger partial charge is 0.491 e. The highest BCUT2D eigenvalue weighted by Crippen LogP contribution is 2.14. The number of carboxylic acid groups (broad SMARTS) is 1. The number of carboxylic acids is 1. The Balaban J connectivity index is 1.72. The predicted octanol–water partition coefficient (Wildman–Crippen LogP) is 2.97. The van der Waals surface area contributed by atoms with E-state index in [-0.39, 0.29) is 0 Å². The lowest BCUT2D eigenvalue weighted by atomic mass is 10.2. The molecular formula is C16H16O5. The van der Waals surface area contributed by atoms with E-state index < -0.39 is 5.97 Å². The smallest absolute Gasteiger partial charge is 0.328 e. The third kappa shape index (κ3) is 5.54. The molecule has 0 atom stereocenters. The second-order valence-corrected chi connectivity index (χ2v) is 4.22. The van der Waals surface area contributed by atoms with Crippen LogP contribution in [0.3, 0.4) is 0 Å². The summed E-state index contributed by atoms with van der Waals surface area (Å²) in [5.41, 5.74) is 0.770. The molecule has 0 radical (unpaired) electrons. The molecule has 5 heteroatoms. The molecule has 2 aromatic rings. The molecule has 1 N–H and O–H groups in total. The van der Waals surface area contributed by atoms with Crippen molar-refractivity contribution in [3.05, 3.63) is 60.1 Å². The Morgan fingerprint density at radius 2 is 2.14 bits per heavy atom. The summed E-state index contributed by atoms with van der Waals surface area (Å²) in [7, 11) is 0. The average molecular weight is 288 g/mol. The van der Waals surface area contributed by atoms with Gasteiger partial charge < -0.3 is 19.0 Å². The van der Waals surface area contributed by atoms with Crippen LogP contribution < -0.4 is 4.74 Å². The van der Waals surface area contributed by atoms with Crippen molar-refractivity contribution in [3.63, 3.8) is 0 Å². The van der Waals surface area contributed by atoms with Crippen LogP contribution in [0, 0.1) is 0 Å². The standard InChI is InChI=1S/C16H16O5/c17-16(18)7-6-13-3-1-4-14(11-13)21-10-9-19-12-15-5-2-8-20-15/h1-8,11H,9-10,12H2,(H,17,18). The lowest BCUT2D eigenvalue weighted by Gasteiger charge is -2.07. The molecule has 1 aromatic heterocycles. The zero-order valence-electron chi connectivity index (χ0n) is 11.4. The molecule has 0 spiro atoms. The molecule has 1 heterocycles. The van der Waals surface area contributed by atoms with E-state index in [1.165, 1.54) is 6.08 Å². The van der Waals surface area contributed by atoms with Gasteiger partial charge in [-0.3, -0.25) is 0 Å². The third-order valence-electron chi connectivity index (χ3n) is 2.60. The Hall–Kier alpha value is -2.53. The van der Waals surface area contributed by atoms with Gasteiger partial charge in [-0.05, 0) is 35.9 Å². The minimum absolute atomic E-state index is 0.410. The maximum absolute atomic E-state index is 10.5. The van der Waals surface area contributed by atoms with Gasteiger partial charge in [0.25, 0.3) is 0 Å². The van der Waals surface area contributed by atoms with Gasteiger partial charge in [-0.2, -0.15) is 0 Å². The summed E-state index contributed by atoms with van der Waals surface area (Å²) >= 11 is 0. The zero-order chi connectivity index (χ0) is 14.9. The first-order chi connectivity index (χ1) is 10.2. The van der Waals surface area contributed by atoms with Crippen LogP contribution >= 0.6 is 0 Å². The Morgan fingerprint density at radius 1 is 1.24 bits per heavy atom. The minimum Gasteiger partial charge on any atom is -0.491 e. The monoisotopic (exact) mass is 288 g/mol. The van der Waals surface area contributed by atoms with Gasteiger partial charge in [0.15, 0.2) is 0 Å². The average Bonchev–Trinajstić information content (AvgIpc) is 2.98. The van der Waals surface area contributed by atoms with Crippen molar-refractivity contribution < 1.29 is 23.8 Å². The van der Waals surface area contributed by atoms with Crippen LogP contribution in [0.15, 0.2) is 53.2 Å². The quantitative estimate of drug-likeness (QED) is 0.597. The van der Waals surface area contributed by atoms with Gasteiger partial charge in [0.05, 0.1) is 12.9 Å². The predicted molar refractivity (Wildman–Crippen MR) is 77.0 cm³/mol. The van der Waals surface area contributed by atoms with Crippen LogP contribution in [-0.4, -0.2) is 24.3 Å². The van der Waals surface area contributed by atoms with E-state index in [4.69, 9.17) is 19.0 Å². The first-order valence-electron chi connectivity index (χ1n) is 6.48. The van der Waals surface area contributed by atoms with Crippen LogP contribution in [0.4, 0.5) is 0 Å². The molecule has 1 aromatic carbocycles. The molecule has 21 heavy (non-hydrogen) atoms. The molecule has 110 valence electrons. The SMILES string of the molecule is O=C(O)C=Cc1cccc(OCCOCc2ccco2)c1. The number of hydrogen-bond donors (Lipinski definition) is 1. The lowest BCUT2D eigenvalue weighted by molar-refractivity contribution is -0.131. The van der Waals surface area contributed by atoms with Gasteiger partial charge in [-0.15, -0.1) is 0 Å². The summed E-state index contributed by atoms with van der Waals surface area (Å²) in [5.74, 6) is 0.465. The van der Waals surface area contributed by atoms with Crippen molar-refractivity contribution in [1.29, 1.82) is 0 Å². The fourth-order valence-electron chi connectivity index (χ4n) is 1.66. The molecule has 0 bridgehead atoms. The number of ether oxygens (including phenoxy) is 2. The molecule has 0 fully saturated rings. The van der Waals surface area contributed by atoms with Crippen LogP contribution in [0.1, 0.15) is 11.3 Å². The van der Waals surface area contributed by atoms with Gasteiger partial charge in [0.2, 0.25) is 0 Å². The van der Waals surface area contributed by atoms with E-state index in [0.29, 0.717) is 25.6 Å². The van der Waals surface area contributed by atoms with Gasteiger partial charge in [0.1, 0.15) is 24.7 Å². The Morgan fingerprint density at radius 3 is 2.90 bits per heavy atom. The van der Waals surface area contributed by atoms with E-state index in [1.54, 1.807) is 24.5 Å². The second kappa shape index (κ2) is 7.91. The molecule has 0 aliphatic rings. The molecule has 0 saturated heterocycles. The van der Waals surface area contributed by atoms with Gasteiger partial charge in [0, 0.05) is 6.08 Å². The van der Waals surface area contributed by atoms with Crippen molar-refractivity contribution >= 4 is 12.0 Å². The summed E-state index contributed by atoms with van der Waals surface area (Å²) in [5, 5.41) is 8.58. The Kier molecular flexibility index (Phi) is 5.60. The van der Waals surface area contributed by atoms with Crippen LogP contribution in [-0.2, 0) is 16.1 Å². The Labute approximate surface area is 122 Å². The van der Waals surface area contributed by atoms with Crippen molar-refractivity contribution in [2.24, 2.45) is 0 Å². The number of hydrogen-bond acceptors (Lipinski definition) is 4. The second-order valence-electron chi connectivity index (χ2n) is 4.22. The van der Waals surface area contributed by atoms with E-state index in [0.717, 1.165) is 17.4 Å². The number of benzene rings is 1. The van der Waals surface area contributed by atoms with Crippen molar-refractivity contribution in [2.75, 3.05) is 13.2 Å². The van der Waals surface area contributed by atoms with E-state index in [9.17, 15) is 4.79 Å². The first-order valence-corrected chi connectivity index (χ1v) is 6.48. The highest BCUT2D eigenvalue weighted by Gasteiger charge is 1.98. The van der Waals surface area contributed by atoms with Crippen LogP contribution in [0.5, 0.6) is 5.75 Å². The molecule has 0 saturated carbocycles. The zero-order valence-corrected chi connectivity index (χ0v) is 11.4. The van der Waals surface area contributed by atoms with Gasteiger partial charge >= 0.3 is 5.97 Å². The molecular weight excluding hydrogens is 272 g/mol. The van der Waals surface area contributed by atoms with Crippen LogP contribution in [0.2, 0.25) is 0 Å². The molecule has 5 nitrogen and oxygen atoms in total. The topological polar surface area (TPSA) is 68.9 Å². The number of furan rings is 1. The summed E-state index contributed by atoms with van der Waals surface area (Å²) in [6, 6.07) is 10.8. The highest BCUT2D eigenvalue weighted by atomic mass is 16.5.